The molecule has 1 aliphatic heterocycles. The van der Waals surface area contributed by atoms with E-state index in [4.69, 9.17) is 28.9 Å². The lowest BCUT2D eigenvalue weighted by atomic mass is 9.55. The summed E-state index contributed by atoms with van der Waals surface area (Å²) in [5, 5.41) is 24.7. The number of rotatable bonds is 22. The van der Waals surface area contributed by atoms with Gasteiger partial charge >= 0.3 is 6.09 Å². The molecular weight excluding hydrogens is 812 g/mol. The quantitative estimate of drug-likeness (QED) is 0.0455. The summed E-state index contributed by atoms with van der Waals surface area (Å²) in [6, 6.07) is 29.3. The number of unbranched alkanes of at least 4 members (excludes halogenated alkanes) is 2. The van der Waals surface area contributed by atoms with Gasteiger partial charge in [0.25, 0.3) is 0 Å². The monoisotopic (exact) mass is 872 g/mol. The fourth-order valence-electron chi connectivity index (χ4n) is 9.74. The van der Waals surface area contributed by atoms with Crippen LogP contribution in [-0.4, -0.2) is 71.8 Å². The molecule has 4 aromatic carbocycles. The van der Waals surface area contributed by atoms with Gasteiger partial charge in [-0.3, -0.25) is 4.90 Å². The maximum Gasteiger partial charge on any atom is 0.410 e. The van der Waals surface area contributed by atoms with Crippen molar-refractivity contribution >= 4 is 11.8 Å². The molecule has 0 bridgehead atoms. The van der Waals surface area contributed by atoms with Crippen molar-refractivity contribution in [2.75, 3.05) is 33.0 Å². The maximum atomic E-state index is 14.6. The van der Waals surface area contributed by atoms with Gasteiger partial charge in [0.15, 0.2) is 0 Å². The first-order valence-corrected chi connectivity index (χ1v) is 22.7. The molecule has 11 heteroatoms. The number of oxime groups is 1. The highest BCUT2D eigenvalue weighted by atomic mass is 19.1. The highest BCUT2D eigenvalue weighted by Crippen LogP contribution is 2.62. The zero-order valence-electron chi connectivity index (χ0n) is 36.8. The van der Waals surface area contributed by atoms with Crippen LogP contribution < -0.4 is 9.47 Å². The summed E-state index contributed by atoms with van der Waals surface area (Å²) in [5.74, 6) is -0.681. The molecule has 1 amide bonds. The number of carbonyl (C=O) groups is 1. The Kier molecular flexibility index (Phi) is 16.1. The van der Waals surface area contributed by atoms with Crippen LogP contribution in [0.1, 0.15) is 75.3 Å². The normalized spacial score (nSPS) is 22.6. The summed E-state index contributed by atoms with van der Waals surface area (Å²) in [7, 11) is 0. The van der Waals surface area contributed by atoms with Crippen molar-refractivity contribution in [3.63, 3.8) is 0 Å². The Labute approximate surface area is 376 Å². The number of fused-ring (bicyclic) bond motifs is 2. The maximum absolute atomic E-state index is 14.6. The Bertz CT molecular complexity index is 2230. The van der Waals surface area contributed by atoms with Gasteiger partial charge in [0.2, 0.25) is 5.79 Å². The van der Waals surface area contributed by atoms with Gasteiger partial charge in [0.1, 0.15) is 35.7 Å². The minimum atomic E-state index is -1.50. The van der Waals surface area contributed by atoms with Gasteiger partial charge < -0.3 is 34.0 Å². The number of benzene rings is 4. The van der Waals surface area contributed by atoms with E-state index in [1.165, 1.54) is 12.1 Å². The molecule has 1 saturated carbocycles. The summed E-state index contributed by atoms with van der Waals surface area (Å²) < 4.78 is 41.2. The molecule has 0 spiro atoms. The van der Waals surface area contributed by atoms with Crippen LogP contribution in [0.25, 0.3) is 11.1 Å². The third-order valence-electron chi connectivity index (χ3n) is 12.6. The molecular formula is C53H61FN2O8. The number of halogens is 1. The second-order valence-corrected chi connectivity index (χ2v) is 16.6. The Balaban J connectivity index is 1.41. The third kappa shape index (κ3) is 10.4. The van der Waals surface area contributed by atoms with E-state index < -0.39 is 23.8 Å². The first kappa shape index (κ1) is 46.2. The summed E-state index contributed by atoms with van der Waals surface area (Å²) >= 11 is 0. The van der Waals surface area contributed by atoms with Crippen molar-refractivity contribution in [3.05, 3.63) is 151 Å². The first-order chi connectivity index (χ1) is 31.3. The molecule has 0 saturated heterocycles. The largest absolute Gasteiger partial charge is 0.459 e. The Morgan fingerprint density at radius 2 is 1.62 bits per heavy atom. The van der Waals surface area contributed by atoms with E-state index in [0.29, 0.717) is 54.4 Å². The summed E-state index contributed by atoms with van der Waals surface area (Å²) in [5.41, 5.74) is 5.40. The van der Waals surface area contributed by atoms with Crippen molar-refractivity contribution in [3.8, 4) is 28.4 Å². The number of allylic oxidation sites excluding steroid dienone is 1. The van der Waals surface area contributed by atoms with Gasteiger partial charge in [-0.15, -0.1) is 13.2 Å². The predicted molar refractivity (Wildman–Crippen MR) is 247 cm³/mol. The number of aliphatic hydroxyl groups excluding tert-OH is 2. The number of hydrogen-bond acceptors (Lipinski definition) is 9. The van der Waals surface area contributed by atoms with Crippen LogP contribution in [0.15, 0.2) is 139 Å². The van der Waals surface area contributed by atoms with Crippen LogP contribution in [0.5, 0.6) is 17.2 Å². The van der Waals surface area contributed by atoms with Crippen molar-refractivity contribution in [1.82, 2.24) is 4.90 Å². The van der Waals surface area contributed by atoms with Crippen molar-refractivity contribution in [2.45, 2.75) is 82.6 Å². The minimum Gasteiger partial charge on any atom is -0.459 e. The molecule has 338 valence electrons. The van der Waals surface area contributed by atoms with Gasteiger partial charge in [0, 0.05) is 37.7 Å². The minimum absolute atomic E-state index is 0.0194. The van der Waals surface area contributed by atoms with Crippen LogP contribution in [0.2, 0.25) is 0 Å². The Morgan fingerprint density at radius 1 is 0.906 bits per heavy atom. The third-order valence-corrected chi connectivity index (χ3v) is 12.6. The number of aliphatic hydroxyl groups is 2. The number of nitrogens with zero attached hydrogens (tertiary/aromatic N) is 2. The van der Waals surface area contributed by atoms with Crippen LogP contribution in [0.4, 0.5) is 9.18 Å². The summed E-state index contributed by atoms with van der Waals surface area (Å²) in [4.78, 5) is 22.1. The van der Waals surface area contributed by atoms with Crippen molar-refractivity contribution < 1.29 is 43.2 Å². The van der Waals surface area contributed by atoms with Crippen LogP contribution in [0, 0.1) is 23.6 Å². The van der Waals surface area contributed by atoms with E-state index in [-0.39, 0.29) is 63.0 Å². The molecule has 1 heterocycles. The number of ether oxygens (including phenoxy) is 4. The molecule has 6 unspecified atom stereocenters. The molecule has 10 nitrogen and oxygen atoms in total. The molecule has 4 aromatic rings. The molecule has 0 radical (unpaired) electrons. The number of carbonyl (C=O) groups excluding carboxylic acids is 1. The van der Waals surface area contributed by atoms with Gasteiger partial charge in [0.05, 0.1) is 24.8 Å². The first-order valence-electron chi connectivity index (χ1n) is 22.7. The second-order valence-electron chi connectivity index (χ2n) is 16.6. The highest BCUT2D eigenvalue weighted by Gasteiger charge is 2.65. The molecule has 3 aliphatic rings. The lowest BCUT2D eigenvalue weighted by Crippen LogP contribution is -2.70. The fourth-order valence-corrected chi connectivity index (χ4v) is 9.74. The lowest BCUT2D eigenvalue weighted by Gasteiger charge is -2.59. The second kappa shape index (κ2) is 22.2. The van der Waals surface area contributed by atoms with E-state index in [1.54, 1.807) is 29.2 Å². The molecule has 7 rings (SSSR count). The van der Waals surface area contributed by atoms with Crippen LogP contribution in [0.3, 0.4) is 0 Å². The van der Waals surface area contributed by atoms with Gasteiger partial charge in [-0.05, 0) is 116 Å². The summed E-state index contributed by atoms with van der Waals surface area (Å²) in [6.45, 7) is 10.5. The van der Waals surface area contributed by atoms with Gasteiger partial charge in [-0.2, -0.15) is 0 Å². The van der Waals surface area contributed by atoms with E-state index >= 15 is 0 Å². The van der Waals surface area contributed by atoms with Crippen LogP contribution >= 0.6 is 0 Å². The molecule has 2 aliphatic carbocycles. The predicted octanol–water partition coefficient (Wildman–Crippen LogP) is 11.2. The standard InChI is InChI=1S/C53H61FN2O8/c1-4-7-32-60-52(59)56(36-37-19-23-41(54)24-20-37)49-35-47(55-62-6-3)45-33-40(17-11-13-29-57)44(18-12-14-30-58)50-46-34-43(27-28-48(46)64-53(49,51(45)50)61-31-5-2)63-42-25-21-39(22-26-42)38-15-9-8-10-16-38/h4-5,8-10,15-16,19-28,33-34,40,44,49-51,57-58H,1-2,6-7,11-14,17-18,29-32,35-36H2,3H3. The Hall–Kier alpha value is -5.75. The Morgan fingerprint density at radius 3 is 2.33 bits per heavy atom. The number of hydrogen-bond donors (Lipinski definition) is 2. The SMILES string of the molecule is C=CCCOC(=O)N(Cc1ccc(F)cc1)C1CC(=NOCC)C2=CC(CCCCO)C(CCCCO)C3c4cc(Oc5ccc(-c6ccccc6)cc5)ccc4OC1(OCC=C)C23. The van der Waals surface area contributed by atoms with E-state index in [0.717, 1.165) is 47.9 Å². The van der Waals surface area contributed by atoms with E-state index in [9.17, 15) is 19.4 Å². The van der Waals surface area contributed by atoms with E-state index in [2.05, 4.69) is 37.4 Å². The zero-order chi connectivity index (χ0) is 44.9. The van der Waals surface area contributed by atoms with Gasteiger partial charge in [-0.25, -0.2) is 9.18 Å². The fraction of sp³-hybridized carbons (Fsp3) is 0.396. The lowest BCUT2D eigenvalue weighted by molar-refractivity contribution is -0.256. The van der Waals surface area contributed by atoms with E-state index in [1.807, 2.05) is 61.5 Å². The molecule has 64 heavy (non-hydrogen) atoms. The van der Waals surface area contributed by atoms with Crippen molar-refractivity contribution in [1.29, 1.82) is 0 Å². The zero-order valence-corrected chi connectivity index (χ0v) is 36.8. The number of amides is 1. The molecule has 1 fully saturated rings. The molecule has 0 aromatic heterocycles. The highest BCUT2D eigenvalue weighted by molar-refractivity contribution is 6.03. The summed E-state index contributed by atoms with van der Waals surface area (Å²) in [6.07, 6.45) is 10.2. The van der Waals surface area contributed by atoms with Crippen LogP contribution in [-0.2, 0) is 20.9 Å². The molecule has 6 atom stereocenters. The van der Waals surface area contributed by atoms with Gasteiger partial charge in [-0.1, -0.05) is 90.8 Å². The average molecular weight is 873 g/mol. The smallest absolute Gasteiger partial charge is 0.410 e. The van der Waals surface area contributed by atoms with Crippen molar-refractivity contribution in [2.24, 2.45) is 22.9 Å². The molecule has 2 N–H and O–H groups in total. The average Bonchev–Trinajstić information content (AvgIpc) is 3.32. The topological polar surface area (TPSA) is 119 Å².